The van der Waals surface area contributed by atoms with E-state index in [1.807, 2.05) is 0 Å². The van der Waals surface area contributed by atoms with Crippen molar-refractivity contribution in [2.75, 3.05) is 26.2 Å². The monoisotopic (exact) mass is 252 g/mol. The van der Waals surface area contributed by atoms with E-state index in [4.69, 9.17) is 0 Å². The zero-order valence-electron chi connectivity index (χ0n) is 12.7. The highest BCUT2D eigenvalue weighted by Gasteiger charge is 2.39. The number of hydrogen-bond donors (Lipinski definition) is 1. The van der Waals surface area contributed by atoms with Crippen LogP contribution in [0.1, 0.15) is 59.3 Å². The first-order chi connectivity index (χ1) is 8.63. The molecule has 18 heavy (non-hydrogen) atoms. The van der Waals surface area contributed by atoms with Crippen LogP contribution in [0.15, 0.2) is 0 Å². The summed E-state index contributed by atoms with van der Waals surface area (Å²) in [6.45, 7) is 12.4. The molecular formula is C16H32N2. The average molecular weight is 252 g/mol. The normalized spacial score (nSPS) is 32.8. The van der Waals surface area contributed by atoms with Gasteiger partial charge in [0.05, 0.1) is 0 Å². The summed E-state index contributed by atoms with van der Waals surface area (Å²) in [6, 6.07) is 0.729. The van der Waals surface area contributed by atoms with Crippen LogP contribution in [0.3, 0.4) is 0 Å². The molecule has 2 atom stereocenters. The van der Waals surface area contributed by atoms with E-state index in [1.165, 1.54) is 64.7 Å². The van der Waals surface area contributed by atoms with Crippen molar-refractivity contribution in [2.45, 2.75) is 65.3 Å². The Bertz CT molecular complexity index is 243. The molecule has 0 aromatic carbocycles. The van der Waals surface area contributed by atoms with Gasteiger partial charge in [-0.25, -0.2) is 0 Å². The standard InChI is InChI=1S/C16H32N2/c1-4-10-17-15-14(8-7-9-16(15,2)3)13-18-11-5-6-12-18/h14-15,17H,4-13H2,1-3H3. The van der Waals surface area contributed by atoms with Crippen molar-refractivity contribution in [3.05, 3.63) is 0 Å². The molecule has 0 bridgehead atoms. The Labute approximate surface area is 114 Å². The fourth-order valence-corrected chi connectivity index (χ4v) is 4.02. The predicted molar refractivity (Wildman–Crippen MR) is 78.9 cm³/mol. The minimum absolute atomic E-state index is 0.484. The highest BCUT2D eigenvalue weighted by Crippen LogP contribution is 2.39. The lowest BCUT2D eigenvalue weighted by atomic mass is 9.67. The van der Waals surface area contributed by atoms with Crippen molar-refractivity contribution in [1.82, 2.24) is 10.2 Å². The minimum atomic E-state index is 0.484. The molecule has 0 aromatic rings. The number of nitrogens with one attached hydrogen (secondary N) is 1. The van der Waals surface area contributed by atoms with Gasteiger partial charge < -0.3 is 10.2 Å². The van der Waals surface area contributed by atoms with E-state index >= 15 is 0 Å². The van der Waals surface area contributed by atoms with Crippen LogP contribution in [0.4, 0.5) is 0 Å². The van der Waals surface area contributed by atoms with E-state index in [-0.39, 0.29) is 0 Å². The van der Waals surface area contributed by atoms with Crippen LogP contribution in [-0.2, 0) is 0 Å². The maximum Gasteiger partial charge on any atom is 0.0159 e. The molecule has 2 unspecified atom stereocenters. The summed E-state index contributed by atoms with van der Waals surface area (Å²) in [6.07, 6.45) is 8.34. The lowest BCUT2D eigenvalue weighted by Gasteiger charge is -2.46. The topological polar surface area (TPSA) is 15.3 Å². The van der Waals surface area contributed by atoms with Crippen LogP contribution < -0.4 is 5.32 Å². The van der Waals surface area contributed by atoms with E-state index in [0.717, 1.165) is 12.0 Å². The molecule has 2 aliphatic rings. The molecule has 2 nitrogen and oxygen atoms in total. The summed E-state index contributed by atoms with van der Waals surface area (Å²) < 4.78 is 0. The Morgan fingerprint density at radius 3 is 2.56 bits per heavy atom. The Morgan fingerprint density at radius 1 is 1.17 bits per heavy atom. The van der Waals surface area contributed by atoms with Gasteiger partial charge in [0, 0.05) is 12.6 Å². The second-order valence-corrected chi connectivity index (χ2v) is 7.08. The predicted octanol–water partition coefficient (Wildman–Crippen LogP) is 3.28. The third-order valence-electron chi connectivity index (χ3n) is 5.01. The van der Waals surface area contributed by atoms with Gasteiger partial charge in [0.1, 0.15) is 0 Å². The van der Waals surface area contributed by atoms with E-state index in [9.17, 15) is 0 Å². The second kappa shape index (κ2) is 6.38. The van der Waals surface area contributed by atoms with Crippen molar-refractivity contribution in [3.63, 3.8) is 0 Å². The maximum atomic E-state index is 3.86. The third kappa shape index (κ3) is 3.48. The molecule has 2 rings (SSSR count). The number of nitrogens with zero attached hydrogens (tertiary/aromatic N) is 1. The fourth-order valence-electron chi connectivity index (χ4n) is 4.02. The Kier molecular flexibility index (Phi) is 5.08. The van der Waals surface area contributed by atoms with Crippen molar-refractivity contribution < 1.29 is 0 Å². The van der Waals surface area contributed by atoms with Gasteiger partial charge >= 0.3 is 0 Å². The van der Waals surface area contributed by atoms with Gasteiger partial charge in [0.2, 0.25) is 0 Å². The van der Waals surface area contributed by atoms with E-state index in [0.29, 0.717) is 5.41 Å². The van der Waals surface area contributed by atoms with E-state index in [1.54, 1.807) is 0 Å². The molecule has 1 aliphatic heterocycles. The molecule has 1 N–H and O–H groups in total. The summed E-state index contributed by atoms with van der Waals surface area (Å²) in [5.74, 6) is 0.874. The first-order valence-corrected chi connectivity index (χ1v) is 8.09. The molecule has 1 aliphatic carbocycles. The smallest absolute Gasteiger partial charge is 0.0159 e. The molecule has 1 heterocycles. The van der Waals surface area contributed by atoms with Crippen LogP contribution in [0, 0.1) is 11.3 Å². The molecule has 1 saturated carbocycles. The Balaban J connectivity index is 1.95. The van der Waals surface area contributed by atoms with Crippen LogP contribution in [0.5, 0.6) is 0 Å². The number of hydrogen-bond acceptors (Lipinski definition) is 2. The Hall–Kier alpha value is -0.0800. The first-order valence-electron chi connectivity index (χ1n) is 8.09. The van der Waals surface area contributed by atoms with Crippen molar-refractivity contribution in [2.24, 2.45) is 11.3 Å². The lowest BCUT2D eigenvalue weighted by molar-refractivity contribution is 0.0849. The second-order valence-electron chi connectivity index (χ2n) is 7.08. The highest BCUT2D eigenvalue weighted by atomic mass is 15.1. The molecule has 106 valence electrons. The molecular weight excluding hydrogens is 220 g/mol. The molecule has 2 heteroatoms. The van der Waals surface area contributed by atoms with Crippen molar-refractivity contribution in [1.29, 1.82) is 0 Å². The molecule has 0 radical (unpaired) electrons. The van der Waals surface area contributed by atoms with E-state index < -0.39 is 0 Å². The molecule has 0 amide bonds. The average Bonchev–Trinajstić information content (AvgIpc) is 2.80. The zero-order chi connectivity index (χ0) is 13.0. The Morgan fingerprint density at radius 2 is 1.89 bits per heavy atom. The minimum Gasteiger partial charge on any atom is -0.313 e. The van der Waals surface area contributed by atoms with E-state index in [2.05, 4.69) is 31.0 Å². The van der Waals surface area contributed by atoms with Gasteiger partial charge in [-0.05, 0) is 63.1 Å². The van der Waals surface area contributed by atoms with Gasteiger partial charge in [-0.3, -0.25) is 0 Å². The first kappa shape index (κ1) is 14.3. The summed E-state index contributed by atoms with van der Waals surface area (Å²) in [5, 5.41) is 3.86. The van der Waals surface area contributed by atoms with Gasteiger partial charge in [0.15, 0.2) is 0 Å². The molecule has 0 aromatic heterocycles. The van der Waals surface area contributed by atoms with Crippen LogP contribution in [0.25, 0.3) is 0 Å². The molecule has 1 saturated heterocycles. The lowest BCUT2D eigenvalue weighted by Crippen LogP contribution is -2.52. The SMILES string of the molecule is CCCNC1C(CN2CCCC2)CCCC1(C)C. The summed E-state index contributed by atoms with van der Waals surface area (Å²) >= 11 is 0. The summed E-state index contributed by atoms with van der Waals surface area (Å²) in [4.78, 5) is 2.70. The van der Waals surface area contributed by atoms with Gasteiger partial charge in [-0.1, -0.05) is 27.2 Å². The maximum absolute atomic E-state index is 3.86. The third-order valence-corrected chi connectivity index (χ3v) is 5.01. The van der Waals surface area contributed by atoms with Gasteiger partial charge in [-0.2, -0.15) is 0 Å². The van der Waals surface area contributed by atoms with Crippen LogP contribution in [0.2, 0.25) is 0 Å². The number of likely N-dealkylation sites (tertiary alicyclic amines) is 1. The van der Waals surface area contributed by atoms with Crippen molar-refractivity contribution >= 4 is 0 Å². The van der Waals surface area contributed by atoms with Crippen LogP contribution in [-0.4, -0.2) is 37.1 Å². The van der Waals surface area contributed by atoms with Crippen molar-refractivity contribution in [3.8, 4) is 0 Å². The highest BCUT2D eigenvalue weighted by molar-refractivity contribution is 4.94. The van der Waals surface area contributed by atoms with Gasteiger partial charge in [0.25, 0.3) is 0 Å². The quantitative estimate of drug-likeness (QED) is 0.808. The summed E-state index contributed by atoms with van der Waals surface area (Å²) in [7, 11) is 0. The summed E-state index contributed by atoms with van der Waals surface area (Å²) in [5.41, 5.74) is 0.484. The van der Waals surface area contributed by atoms with Crippen LogP contribution >= 0.6 is 0 Å². The van der Waals surface area contributed by atoms with Gasteiger partial charge in [-0.15, -0.1) is 0 Å². The molecule has 0 spiro atoms. The zero-order valence-corrected chi connectivity index (χ0v) is 12.7. The largest absolute Gasteiger partial charge is 0.313 e. The number of rotatable bonds is 5. The fraction of sp³-hybridized carbons (Fsp3) is 1.00. The molecule has 2 fully saturated rings.